The maximum atomic E-state index is 12.4. The van der Waals surface area contributed by atoms with Crippen LogP contribution < -0.4 is 5.32 Å². The third kappa shape index (κ3) is 6.54. The van der Waals surface area contributed by atoms with Crippen LogP contribution in [0, 0.1) is 0 Å². The van der Waals surface area contributed by atoms with E-state index in [0.29, 0.717) is 31.5 Å². The smallest absolute Gasteiger partial charge is 0.410 e. The summed E-state index contributed by atoms with van der Waals surface area (Å²) in [6.45, 7) is 11.1. The van der Waals surface area contributed by atoms with E-state index in [2.05, 4.69) is 42.1 Å². The minimum Gasteiger partial charge on any atom is -0.444 e. The molecule has 2 N–H and O–H groups in total. The number of pyridine rings is 1. The molecule has 0 radical (unpaired) electrons. The highest BCUT2D eigenvalue weighted by atomic mass is 16.6. The van der Waals surface area contributed by atoms with Gasteiger partial charge >= 0.3 is 6.09 Å². The van der Waals surface area contributed by atoms with Gasteiger partial charge in [-0.1, -0.05) is 6.07 Å². The molecule has 1 atom stereocenters. The number of carbonyl (C=O) groups excluding carboxylic acids is 1. The molecule has 1 aromatic carbocycles. The molecule has 0 spiro atoms. The molecule has 11 nitrogen and oxygen atoms in total. The number of nitrogens with zero attached hydrogens (tertiary/aromatic N) is 6. The second-order valence-electron chi connectivity index (χ2n) is 10.9. The molecule has 0 bridgehead atoms. The van der Waals surface area contributed by atoms with E-state index in [1.165, 1.54) is 0 Å². The second-order valence-corrected chi connectivity index (χ2v) is 10.9. The summed E-state index contributed by atoms with van der Waals surface area (Å²) in [5, 5.41) is 3.31. The molecule has 40 heavy (non-hydrogen) atoms. The van der Waals surface area contributed by atoms with Crippen LogP contribution in [0.25, 0.3) is 22.3 Å². The summed E-state index contributed by atoms with van der Waals surface area (Å²) in [4.78, 5) is 37.8. The third-order valence-corrected chi connectivity index (χ3v) is 6.82. The van der Waals surface area contributed by atoms with Crippen LogP contribution in [-0.4, -0.2) is 79.7 Å². The number of ether oxygens (including phenoxy) is 2. The third-order valence-electron chi connectivity index (χ3n) is 6.82. The van der Waals surface area contributed by atoms with Gasteiger partial charge in [0.15, 0.2) is 0 Å². The minimum atomic E-state index is -0.491. The lowest BCUT2D eigenvalue weighted by Gasteiger charge is -2.38. The van der Waals surface area contributed by atoms with E-state index < -0.39 is 5.60 Å². The number of nitrogens with one attached hydrogen (secondary N) is 2. The number of hydrogen-bond donors (Lipinski definition) is 2. The Morgan fingerprint density at radius 1 is 1.07 bits per heavy atom. The summed E-state index contributed by atoms with van der Waals surface area (Å²) in [5.41, 5.74) is 4.98. The standard InChI is InChI=1S/C29H36N8O3/c1-19(36-10-12-37(13-11-36)28(38)40-29(2,3)4)20-8-9-30-26(15-20)35-27-33-23-7-6-21(14-25(23)34-27)24-16-22(17-39-5)31-18-32-24/h6-9,14-16,18-19H,10-13,17H2,1-5H3,(H2,30,33,34,35). The van der Waals surface area contributed by atoms with Gasteiger partial charge in [0, 0.05) is 51.1 Å². The number of aromatic nitrogens is 5. The van der Waals surface area contributed by atoms with Gasteiger partial charge in [0.1, 0.15) is 17.7 Å². The minimum absolute atomic E-state index is 0.165. The predicted molar refractivity (Wildman–Crippen MR) is 153 cm³/mol. The Balaban J connectivity index is 1.24. The first-order chi connectivity index (χ1) is 19.2. The summed E-state index contributed by atoms with van der Waals surface area (Å²) < 4.78 is 10.7. The Kier molecular flexibility index (Phi) is 7.95. The van der Waals surface area contributed by atoms with E-state index in [1.54, 1.807) is 24.5 Å². The van der Waals surface area contributed by atoms with Crippen LogP contribution in [-0.2, 0) is 16.1 Å². The first-order valence-corrected chi connectivity index (χ1v) is 13.4. The van der Waals surface area contributed by atoms with Gasteiger partial charge in [0.2, 0.25) is 5.95 Å². The van der Waals surface area contributed by atoms with Crippen LogP contribution in [0.1, 0.15) is 45.0 Å². The molecule has 4 heterocycles. The Labute approximate surface area is 234 Å². The van der Waals surface area contributed by atoms with Gasteiger partial charge in [0.05, 0.1) is 29.0 Å². The van der Waals surface area contributed by atoms with Crippen LogP contribution in [0.15, 0.2) is 48.9 Å². The molecule has 11 heteroatoms. The number of H-pyrrole nitrogens is 1. The molecule has 4 aromatic rings. The number of anilines is 2. The van der Waals surface area contributed by atoms with Crippen LogP contribution in [0.2, 0.25) is 0 Å². The molecule has 1 aliphatic heterocycles. The zero-order valence-electron chi connectivity index (χ0n) is 23.6. The fourth-order valence-corrected chi connectivity index (χ4v) is 4.74. The summed E-state index contributed by atoms with van der Waals surface area (Å²) in [5.74, 6) is 1.31. The van der Waals surface area contributed by atoms with Crippen molar-refractivity contribution in [2.24, 2.45) is 0 Å². The van der Waals surface area contributed by atoms with Crippen LogP contribution in [0.5, 0.6) is 0 Å². The molecule has 1 aliphatic rings. The van der Waals surface area contributed by atoms with Gasteiger partial charge in [0.25, 0.3) is 0 Å². The Morgan fingerprint density at radius 2 is 1.88 bits per heavy atom. The van der Waals surface area contributed by atoms with Crippen molar-refractivity contribution in [3.63, 3.8) is 0 Å². The monoisotopic (exact) mass is 544 g/mol. The Bertz CT molecular complexity index is 1470. The topological polar surface area (TPSA) is 121 Å². The number of imidazole rings is 1. The van der Waals surface area contributed by atoms with Crippen molar-refractivity contribution >= 4 is 28.9 Å². The molecule has 3 aromatic heterocycles. The average molecular weight is 545 g/mol. The maximum absolute atomic E-state index is 12.4. The van der Waals surface area contributed by atoms with Gasteiger partial charge in [-0.3, -0.25) is 4.90 Å². The van der Waals surface area contributed by atoms with E-state index in [1.807, 2.05) is 57.2 Å². The lowest BCUT2D eigenvalue weighted by atomic mass is 10.1. The van der Waals surface area contributed by atoms with Gasteiger partial charge in [-0.2, -0.15) is 0 Å². The number of carbonyl (C=O) groups is 1. The van der Waals surface area contributed by atoms with Crippen LogP contribution in [0.4, 0.5) is 16.6 Å². The van der Waals surface area contributed by atoms with Gasteiger partial charge in [-0.15, -0.1) is 0 Å². The Hall–Kier alpha value is -4.09. The van der Waals surface area contributed by atoms with E-state index in [9.17, 15) is 4.79 Å². The lowest BCUT2D eigenvalue weighted by Crippen LogP contribution is -2.50. The van der Waals surface area contributed by atoms with E-state index in [4.69, 9.17) is 9.47 Å². The fraction of sp³-hybridized carbons (Fsp3) is 0.414. The molecular formula is C29H36N8O3. The van der Waals surface area contributed by atoms with Gasteiger partial charge < -0.3 is 24.7 Å². The number of hydrogen-bond acceptors (Lipinski definition) is 9. The molecule has 1 unspecified atom stereocenters. The zero-order chi connectivity index (χ0) is 28.3. The number of piperazine rings is 1. The Morgan fingerprint density at radius 3 is 2.62 bits per heavy atom. The average Bonchev–Trinajstić information content (AvgIpc) is 3.34. The number of methoxy groups -OCH3 is 1. The van der Waals surface area contributed by atoms with Crippen molar-refractivity contribution in [2.45, 2.75) is 45.9 Å². The van der Waals surface area contributed by atoms with Crippen molar-refractivity contribution in [2.75, 3.05) is 38.6 Å². The maximum Gasteiger partial charge on any atom is 0.410 e. The summed E-state index contributed by atoms with van der Waals surface area (Å²) in [6.07, 6.45) is 3.11. The molecule has 1 amide bonds. The fourth-order valence-electron chi connectivity index (χ4n) is 4.74. The normalized spacial score (nSPS) is 15.3. The molecule has 5 rings (SSSR count). The number of rotatable bonds is 7. The van der Waals surface area contributed by atoms with Crippen LogP contribution in [0.3, 0.4) is 0 Å². The molecule has 1 fully saturated rings. The van der Waals surface area contributed by atoms with Crippen molar-refractivity contribution in [1.82, 2.24) is 34.7 Å². The highest BCUT2D eigenvalue weighted by Gasteiger charge is 2.28. The van der Waals surface area contributed by atoms with Crippen molar-refractivity contribution in [3.05, 3.63) is 60.2 Å². The van der Waals surface area contributed by atoms with E-state index in [-0.39, 0.29) is 12.1 Å². The largest absolute Gasteiger partial charge is 0.444 e. The van der Waals surface area contributed by atoms with Crippen LogP contribution >= 0.6 is 0 Å². The lowest BCUT2D eigenvalue weighted by molar-refractivity contribution is 0.0110. The highest BCUT2D eigenvalue weighted by Crippen LogP contribution is 2.27. The van der Waals surface area contributed by atoms with Crippen molar-refractivity contribution < 1.29 is 14.3 Å². The SMILES string of the molecule is COCc1cc(-c2ccc3nc(Nc4cc(C(C)N5CCN(C(=O)OC(C)(C)C)CC5)ccn4)[nH]c3c2)ncn1. The molecule has 0 aliphatic carbocycles. The van der Waals surface area contributed by atoms with E-state index in [0.717, 1.165) is 46.6 Å². The van der Waals surface area contributed by atoms with Crippen molar-refractivity contribution in [1.29, 1.82) is 0 Å². The molecule has 210 valence electrons. The summed E-state index contributed by atoms with van der Waals surface area (Å²) >= 11 is 0. The van der Waals surface area contributed by atoms with E-state index >= 15 is 0 Å². The summed E-state index contributed by atoms with van der Waals surface area (Å²) in [6, 6.07) is 12.1. The molecule has 1 saturated heterocycles. The molecular weight excluding hydrogens is 508 g/mol. The number of aromatic amines is 1. The van der Waals surface area contributed by atoms with Crippen molar-refractivity contribution in [3.8, 4) is 11.3 Å². The first-order valence-electron chi connectivity index (χ1n) is 13.4. The summed E-state index contributed by atoms with van der Waals surface area (Å²) in [7, 11) is 1.65. The second kappa shape index (κ2) is 11.6. The number of fused-ring (bicyclic) bond motifs is 1. The number of amides is 1. The zero-order valence-corrected chi connectivity index (χ0v) is 23.6. The highest BCUT2D eigenvalue weighted by molar-refractivity contribution is 5.83. The quantitative estimate of drug-likeness (QED) is 0.334. The first kappa shape index (κ1) is 27.5. The van der Waals surface area contributed by atoms with Gasteiger partial charge in [-0.25, -0.2) is 24.7 Å². The molecule has 0 saturated carbocycles. The number of benzene rings is 1. The predicted octanol–water partition coefficient (Wildman–Crippen LogP) is 4.92. The van der Waals surface area contributed by atoms with Gasteiger partial charge in [-0.05, 0) is 63.6 Å².